The number of aromatic amines is 1. The lowest BCUT2D eigenvalue weighted by Gasteiger charge is -2.38. The van der Waals surface area contributed by atoms with E-state index < -0.39 is 10.2 Å². The molecular formula is C20H22ClN3O2S. The topological polar surface area (TPSA) is 56.4 Å². The van der Waals surface area contributed by atoms with Crippen LogP contribution in [0.3, 0.4) is 0 Å². The van der Waals surface area contributed by atoms with Crippen LogP contribution >= 0.6 is 11.6 Å². The monoisotopic (exact) mass is 403 g/mol. The van der Waals surface area contributed by atoms with Crippen molar-refractivity contribution in [2.75, 3.05) is 20.6 Å². The lowest BCUT2D eigenvalue weighted by atomic mass is 9.85. The molecule has 0 fully saturated rings. The van der Waals surface area contributed by atoms with E-state index in [0.29, 0.717) is 11.6 Å². The smallest absolute Gasteiger partial charge is 0.282 e. The number of benzene rings is 2. The van der Waals surface area contributed by atoms with Crippen molar-refractivity contribution in [2.24, 2.45) is 0 Å². The van der Waals surface area contributed by atoms with Gasteiger partial charge >= 0.3 is 0 Å². The van der Waals surface area contributed by atoms with Crippen LogP contribution in [0.1, 0.15) is 35.7 Å². The first-order valence-corrected chi connectivity index (χ1v) is 10.6. The zero-order chi connectivity index (χ0) is 19.3. The molecule has 2 aromatic carbocycles. The Bertz CT molecular complexity index is 1110. The highest BCUT2D eigenvalue weighted by Crippen LogP contribution is 2.45. The summed E-state index contributed by atoms with van der Waals surface area (Å²) in [5, 5.41) is 1.77. The molecule has 0 spiro atoms. The van der Waals surface area contributed by atoms with Crippen LogP contribution in [-0.4, -0.2) is 42.7 Å². The number of hydrogen-bond donors (Lipinski definition) is 1. The van der Waals surface area contributed by atoms with Gasteiger partial charge in [-0.2, -0.15) is 17.0 Å². The highest BCUT2D eigenvalue weighted by molar-refractivity contribution is 7.86. The summed E-state index contributed by atoms with van der Waals surface area (Å²) >= 11 is 6.51. The SMILES string of the molecule is C[C@@H]1c2[nH]c3ccccc3c2[C@@H](c2ccccc2Cl)CN1S(=O)(=O)N(C)C. The lowest BCUT2D eigenvalue weighted by molar-refractivity contribution is 0.288. The highest BCUT2D eigenvalue weighted by atomic mass is 35.5. The number of nitrogens with zero attached hydrogens (tertiary/aromatic N) is 2. The fourth-order valence-corrected chi connectivity index (χ4v) is 5.51. The summed E-state index contributed by atoms with van der Waals surface area (Å²) in [5.74, 6) is -0.143. The molecule has 7 heteroatoms. The van der Waals surface area contributed by atoms with Crippen LogP contribution in [0.25, 0.3) is 10.9 Å². The van der Waals surface area contributed by atoms with Gasteiger partial charge in [0.2, 0.25) is 0 Å². The second-order valence-electron chi connectivity index (χ2n) is 7.11. The molecule has 1 aromatic heterocycles. The van der Waals surface area contributed by atoms with Crippen molar-refractivity contribution in [3.8, 4) is 0 Å². The molecule has 0 unspecified atom stereocenters. The second kappa shape index (κ2) is 6.63. The molecule has 142 valence electrons. The van der Waals surface area contributed by atoms with Crippen LogP contribution < -0.4 is 0 Å². The Hall–Kier alpha value is -1.86. The molecule has 1 aliphatic heterocycles. The van der Waals surface area contributed by atoms with Crippen molar-refractivity contribution in [1.82, 2.24) is 13.6 Å². The minimum Gasteiger partial charge on any atom is -0.357 e. The number of aromatic nitrogens is 1. The maximum Gasteiger partial charge on any atom is 0.282 e. The predicted molar refractivity (Wildman–Crippen MR) is 109 cm³/mol. The number of nitrogens with one attached hydrogen (secondary N) is 1. The Kier molecular flexibility index (Phi) is 4.55. The van der Waals surface area contributed by atoms with Gasteiger partial charge in [0.1, 0.15) is 0 Å². The van der Waals surface area contributed by atoms with Gasteiger partial charge in [-0.3, -0.25) is 0 Å². The van der Waals surface area contributed by atoms with Crippen molar-refractivity contribution in [3.63, 3.8) is 0 Å². The first kappa shape index (κ1) is 18.5. The standard InChI is InChI=1S/C20H22ClN3O2S/c1-13-20-19(15-9-5-7-11-18(15)22-20)16(14-8-4-6-10-17(14)21)12-24(13)27(25,26)23(2)3/h4-11,13,16,22H,12H2,1-3H3/t13-,16-/m1/s1. The lowest BCUT2D eigenvalue weighted by Crippen LogP contribution is -2.46. The van der Waals surface area contributed by atoms with Gasteiger partial charge < -0.3 is 4.98 Å². The van der Waals surface area contributed by atoms with E-state index in [-0.39, 0.29) is 12.0 Å². The molecule has 3 aromatic rings. The third-order valence-electron chi connectivity index (χ3n) is 5.38. The van der Waals surface area contributed by atoms with E-state index in [9.17, 15) is 8.42 Å². The first-order chi connectivity index (χ1) is 12.8. The summed E-state index contributed by atoms with van der Waals surface area (Å²) in [4.78, 5) is 3.46. The van der Waals surface area contributed by atoms with Gasteiger partial charge in [-0.1, -0.05) is 48.0 Å². The predicted octanol–water partition coefficient (Wildman–Crippen LogP) is 4.14. The average Bonchev–Trinajstić information content (AvgIpc) is 3.03. The van der Waals surface area contributed by atoms with E-state index in [1.807, 2.05) is 49.4 Å². The zero-order valence-corrected chi connectivity index (χ0v) is 17.1. The van der Waals surface area contributed by atoms with Gasteiger partial charge in [0.15, 0.2) is 0 Å². The van der Waals surface area contributed by atoms with Crippen LogP contribution in [0.2, 0.25) is 5.02 Å². The van der Waals surface area contributed by atoms with Crippen molar-refractivity contribution < 1.29 is 8.42 Å². The van der Waals surface area contributed by atoms with Crippen molar-refractivity contribution in [3.05, 3.63) is 70.4 Å². The van der Waals surface area contributed by atoms with Crippen LogP contribution in [0.4, 0.5) is 0 Å². The number of rotatable bonds is 3. The normalized spacial score (nSPS) is 20.9. The van der Waals surface area contributed by atoms with Crippen LogP contribution in [0.15, 0.2) is 48.5 Å². The molecule has 0 saturated carbocycles. The number of H-pyrrole nitrogens is 1. The first-order valence-electron chi connectivity index (χ1n) is 8.86. The molecule has 5 nitrogen and oxygen atoms in total. The molecule has 0 aliphatic carbocycles. The summed E-state index contributed by atoms with van der Waals surface area (Å²) in [6.45, 7) is 2.28. The second-order valence-corrected chi connectivity index (χ2v) is 9.61. The van der Waals surface area contributed by atoms with Gasteiger partial charge in [-0.25, -0.2) is 0 Å². The van der Waals surface area contributed by atoms with Crippen molar-refractivity contribution >= 4 is 32.7 Å². The summed E-state index contributed by atoms with van der Waals surface area (Å²) < 4.78 is 28.8. The molecule has 0 radical (unpaired) electrons. The molecule has 0 bridgehead atoms. The van der Waals surface area contributed by atoms with Gasteiger partial charge in [0.05, 0.1) is 6.04 Å². The van der Waals surface area contributed by atoms with Crippen molar-refractivity contribution in [2.45, 2.75) is 18.9 Å². The Morgan fingerprint density at radius 1 is 1.11 bits per heavy atom. The Morgan fingerprint density at radius 2 is 1.78 bits per heavy atom. The molecule has 0 saturated heterocycles. The van der Waals surface area contributed by atoms with E-state index >= 15 is 0 Å². The molecule has 2 heterocycles. The number of halogens is 1. The van der Waals surface area contributed by atoms with Gasteiger partial charge in [0.25, 0.3) is 10.2 Å². The summed E-state index contributed by atoms with van der Waals surface area (Å²) in [5.41, 5.74) is 4.01. The van der Waals surface area contributed by atoms with E-state index in [1.165, 1.54) is 4.31 Å². The van der Waals surface area contributed by atoms with Crippen LogP contribution in [0, 0.1) is 0 Å². The number of hydrogen-bond acceptors (Lipinski definition) is 2. The van der Waals surface area contributed by atoms with Crippen LogP contribution in [-0.2, 0) is 10.2 Å². The molecule has 0 amide bonds. The highest BCUT2D eigenvalue weighted by Gasteiger charge is 2.41. The largest absolute Gasteiger partial charge is 0.357 e. The van der Waals surface area contributed by atoms with E-state index in [4.69, 9.17) is 11.6 Å². The van der Waals surface area contributed by atoms with E-state index in [0.717, 1.165) is 27.7 Å². The molecule has 4 rings (SSSR count). The summed E-state index contributed by atoms with van der Waals surface area (Å²) in [6, 6.07) is 15.5. The van der Waals surface area contributed by atoms with Crippen LogP contribution in [0.5, 0.6) is 0 Å². The maximum absolute atomic E-state index is 13.0. The minimum atomic E-state index is -3.58. The van der Waals surface area contributed by atoms with E-state index in [2.05, 4.69) is 11.1 Å². The molecule has 1 N–H and O–H groups in total. The quantitative estimate of drug-likeness (QED) is 0.714. The Labute approximate surface area is 164 Å². The Morgan fingerprint density at radius 3 is 2.48 bits per heavy atom. The summed E-state index contributed by atoms with van der Waals surface area (Å²) in [7, 11) is -0.454. The molecule has 2 atom stereocenters. The minimum absolute atomic E-state index is 0.143. The van der Waals surface area contributed by atoms with Gasteiger partial charge in [0, 0.05) is 48.2 Å². The number of fused-ring (bicyclic) bond motifs is 3. The van der Waals surface area contributed by atoms with Gasteiger partial charge in [-0.05, 0) is 30.2 Å². The fraction of sp³-hybridized carbons (Fsp3) is 0.300. The average molecular weight is 404 g/mol. The van der Waals surface area contributed by atoms with Gasteiger partial charge in [-0.15, -0.1) is 0 Å². The van der Waals surface area contributed by atoms with E-state index in [1.54, 1.807) is 18.4 Å². The van der Waals surface area contributed by atoms with Crippen molar-refractivity contribution in [1.29, 1.82) is 0 Å². The maximum atomic E-state index is 13.0. The third-order valence-corrected chi connectivity index (χ3v) is 7.70. The zero-order valence-electron chi connectivity index (χ0n) is 15.5. The molecular weight excluding hydrogens is 382 g/mol. The fourth-order valence-electron chi connectivity index (χ4n) is 3.98. The molecule has 27 heavy (non-hydrogen) atoms. The summed E-state index contributed by atoms with van der Waals surface area (Å²) in [6.07, 6.45) is 0. The molecule has 1 aliphatic rings. The third kappa shape index (κ3) is 2.88. The Balaban J connectivity index is 1.98. The number of para-hydroxylation sites is 1.